The normalized spacial score (nSPS) is 22.7. The maximum Gasteiger partial charge on any atom is 0.251 e. The topological polar surface area (TPSA) is 117 Å². The van der Waals surface area contributed by atoms with Crippen LogP contribution in [0, 0.1) is 6.92 Å². The first-order chi connectivity index (χ1) is 14.9. The lowest BCUT2D eigenvalue weighted by Crippen LogP contribution is -2.40. The van der Waals surface area contributed by atoms with Crippen LogP contribution in [0.5, 0.6) is 5.75 Å². The van der Waals surface area contributed by atoms with E-state index in [0.29, 0.717) is 12.1 Å². The van der Waals surface area contributed by atoms with Gasteiger partial charge in [0.05, 0.1) is 19.6 Å². The number of nitrogens with one attached hydrogen (secondary N) is 2. The first kappa shape index (κ1) is 22.7. The highest BCUT2D eigenvalue weighted by atomic mass is 16.5. The minimum Gasteiger partial charge on any atom is -0.497 e. The van der Waals surface area contributed by atoms with Gasteiger partial charge in [-0.2, -0.15) is 0 Å². The SMILES string of the molecule is COc1ccc(CNC(=O)CC2OC(CNC(=O)c3ccc(C)cc3)C(O)C2O)cc1. The van der Waals surface area contributed by atoms with Crippen molar-refractivity contribution in [2.24, 2.45) is 0 Å². The highest BCUT2D eigenvalue weighted by Gasteiger charge is 2.43. The Morgan fingerprint density at radius 2 is 1.61 bits per heavy atom. The highest BCUT2D eigenvalue weighted by Crippen LogP contribution is 2.23. The molecule has 0 saturated carbocycles. The molecule has 1 saturated heterocycles. The van der Waals surface area contributed by atoms with Crippen LogP contribution in [-0.2, 0) is 16.1 Å². The third-order valence-corrected chi connectivity index (χ3v) is 5.27. The second kappa shape index (κ2) is 10.4. The molecule has 1 aliphatic rings. The quantitative estimate of drug-likeness (QED) is 0.497. The van der Waals surface area contributed by atoms with E-state index in [1.165, 1.54) is 0 Å². The lowest BCUT2D eigenvalue weighted by Gasteiger charge is -2.15. The standard InChI is InChI=1S/C23H28N2O6/c1-14-3-7-16(8-4-14)23(29)25-13-19-22(28)21(27)18(31-19)11-20(26)24-12-15-5-9-17(30-2)10-6-15/h3-10,18-19,21-22,27-28H,11-13H2,1-2H3,(H,24,26)(H,25,29). The Morgan fingerprint density at radius 1 is 0.968 bits per heavy atom. The first-order valence-corrected chi connectivity index (χ1v) is 10.1. The van der Waals surface area contributed by atoms with Gasteiger partial charge >= 0.3 is 0 Å². The molecule has 1 aliphatic heterocycles. The van der Waals surface area contributed by atoms with Crippen LogP contribution in [0.4, 0.5) is 0 Å². The third kappa shape index (κ3) is 6.04. The second-order valence-electron chi connectivity index (χ2n) is 7.60. The van der Waals surface area contributed by atoms with Gasteiger partial charge in [0.25, 0.3) is 5.91 Å². The number of benzene rings is 2. The first-order valence-electron chi connectivity index (χ1n) is 10.1. The van der Waals surface area contributed by atoms with Gasteiger partial charge in [0.15, 0.2) is 0 Å². The van der Waals surface area contributed by atoms with Crippen LogP contribution in [0.15, 0.2) is 48.5 Å². The third-order valence-electron chi connectivity index (χ3n) is 5.27. The molecule has 8 nitrogen and oxygen atoms in total. The summed E-state index contributed by atoms with van der Waals surface area (Å²) >= 11 is 0. The Hall–Kier alpha value is -2.94. The molecule has 0 spiro atoms. The van der Waals surface area contributed by atoms with Gasteiger partial charge in [-0.15, -0.1) is 0 Å². The van der Waals surface area contributed by atoms with Crippen LogP contribution in [0.1, 0.15) is 27.9 Å². The average molecular weight is 428 g/mol. The maximum atomic E-state index is 12.3. The number of carbonyl (C=O) groups excluding carboxylic acids is 2. The van der Waals surface area contributed by atoms with Crippen molar-refractivity contribution in [3.05, 3.63) is 65.2 Å². The largest absolute Gasteiger partial charge is 0.497 e. The number of hydrogen-bond acceptors (Lipinski definition) is 6. The van der Waals surface area contributed by atoms with Crippen LogP contribution < -0.4 is 15.4 Å². The summed E-state index contributed by atoms with van der Waals surface area (Å²) in [6.07, 6.45) is -4.17. The Balaban J connectivity index is 1.46. The van der Waals surface area contributed by atoms with E-state index < -0.39 is 24.4 Å². The van der Waals surface area contributed by atoms with E-state index in [1.54, 1.807) is 31.4 Å². The predicted molar refractivity (Wildman–Crippen MR) is 114 cm³/mol. The van der Waals surface area contributed by atoms with Crippen molar-refractivity contribution >= 4 is 11.8 Å². The number of hydrogen-bond donors (Lipinski definition) is 4. The number of aryl methyl sites for hydroxylation is 1. The molecule has 4 atom stereocenters. The summed E-state index contributed by atoms with van der Waals surface area (Å²) in [7, 11) is 1.58. The molecule has 2 aromatic rings. The van der Waals surface area contributed by atoms with Crippen LogP contribution in [0.25, 0.3) is 0 Å². The summed E-state index contributed by atoms with van der Waals surface area (Å²) in [5.41, 5.74) is 2.44. The molecule has 2 aromatic carbocycles. The van der Waals surface area contributed by atoms with Crippen molar-refractivity contribution in [3.8, 4) is 5.75 Å². The van der Waals surface area contributed by atoms with E-state index in [-0.39, 0.29) is 24.8 Å². The molecular weight excluding hydrogens is 400 g/mol. The number of ether oxygens (including phenoxy) is 2. The number of rotatable bonds is 8. The molecule has 0 aromatic heterocycles. The van der Waals surface area contributed by atoms with Gasteiger partial charge in [-0.25, -0.2) is 0 Å². The average Bonchev–Trinajstić information content (AvgIpc) is 3.04. The molecular formula is C23H28N2O6. The molecule has 1 heterocycles. The van der Waals surface area contributed by atoms with Crippen molar-refractivity contribution in [1.82, 2.24) is 10.6 Å². The second-order valence-corrected chi connectivity index (χ2v) is 7.60. The van der Waals surface area contributed by atoms with Gasteiger partial charge in [-0.3, -0.25) is 9.59 Å². The molecule has 0 bridgehead atoms. The highest BCUT2D eigenvalue weighted by molar-refractivity contribution is 5.94. The van der Waals surface area contributed by atoms with Gasteiger partial charge in [0.2, 0.25) is 5.91 Å². The lowest BCUT2D eigenvalue weighted by molar-refractivity contribution is -0.125. The fourth-order valence-electron chi connectivity index (χ4n) is 3.36. The molecule has 166 valence electrons. The van der Waals surface area contributed by atoms with Crippen LogP contribution in [0.3, 0.4) is 0 Å². The Bertz CT molecular complexity index is 884. The number of amides is 2. The molecule has 4 unspecified atom stereocenters. The molecule has 3 rings (SSSR count). The zero-order chi connectivity index (χ0) is 22.4. The van der Waals surface area contributed by atoms with Crippen LogP contribution in [0.2, 0.25) is 0 Å². The molecule has 31 heavy (non-hydrogen) atoms. The van der Waals surface area contributed by atoms with Crippen LogP contribution in [-0.4, -0.2) is 60.1 Å². The van der Waals surface area contributed by atoms with E-state index in [1.807, 2.05) is 31.2 Å². The monoisotopic (exact) mass is 428 g/mol. The molecule has 8 heteroatoms. The lowest BCUT2D eigenvalue weighted by atomic mass is 10.1. The zero-order valence-corrected chi connectivity index (χ0v) is 17.6. The van der Waals surface area contributed by atoms with Crippen LogP contribution >= 0.6 is 0 Å². The van der Waals surface area contributed by atoms with Gasteiger partial charge in [0.1, 0.15) is 24.1 Å². The molecule has 4 N–H and O–H groups in total. The van der Waals surface area contributed by atoms with Crippen molar-refractivity contribution in [2.75, 3.05) is 13.7 Å². The molecule has 0 aliphatic carbocycles. The smallest absolute Gasteiger partial charge is 0.251 e. The summed E-state index contributed by atoms with van der Waals surface area (Å²) in [5.74, 6) is 0.120. The predicted octanol–water partition coefficient (Wildman–Crippen LogP) is 0.929. The summed E-state index contributed by atoms with van der Waals surface area (Å²) in [6.45, 7) is 2.28. The molecule has 0 radical (unpaired) electrons. The van der Waals surface area contributed by atoms with Gasteiger partial charge in [-0.1, -0.05) is 29.8 Å². The van der Waals surface area contributed by atoms with Crippen molar-refractivity contribution in [3.63, 3.8) is 0 Å². The number of methoxy groups -OCH3 is 1. The molecule has 1 fully saturated rings. The van der Waals surface area contributed by atoms with E-state index in [9.17, 15) is 19.8 Å². The van der Waals surface area contributed by atoms with Crippen molar-refractivity contribution in [2.45, 2.75) is 44.3 Å². The summed E-state index contributed by atoms with van der Waals surface area (Å²) in [4.78, 5) is 24.5. The molecule has 2 amide bonds. The van der Waals surface area contributed by atoms with E-state index in [0.717, 1.165) is 16.9 Å². The fraction of sp³-hybridized carbons (Fsp3) is 0.391. The minimum absolute atomic E-state index is 0.0227. The Labute approximate surface area is 181 Å². The summed E-state index contributed by atoms with van der Waals surface area (Å²) in [6, 6.07) is 14.4. The summed E-state index contributed by atoms with van der Waals surface area (Å²) < 4.78 is 10.8. The maximum absolute atomic E-state index is 12.3. The fourth-order valence-corrected chi connectivity index (χ4v) is 3.36. The zero-order valence-electron chi connectivity index (χ0n) is 17.6. The van der Waals surface area contributed by atoms with Crippen molar-refractivity contribution < 1.29 is 29.3 Å². The number of carbonyl (C=O) groups is 2. The number of aliphatic hydroxyl groups is 2. The van der Waals surface area contributed by atoms with Gasteiger partial charge in [0, 0.05) is 18.7 Å². The number of aliphatic hydroxyl groups excluding tert-OH is 2. The van der Waals surface area contributed by atoms with E-state index in [2.05, 4.69) is 10.6 Å². The summed E-state index contributed by atoms with van der Waals surface area (Å²) in [5, 5.41) is 26.0. The van der Waals surface area contributed by atoms with Crippen molar-refractivity contribution in [1.29, 1.82) is 0 Å². The van der Waals surface area contributed by atoms with Gasteiger partial charge in [-0.05, 0) is 36.8 Å². The van der Waals surface area contributed by atoms with E-state index >= 15 is 0 Å². The Kier molecular flexibility index (Phi) is 7.62. The minimum atomic E-state index is -1.21. The van der Waals surface area contributed by atoms with Gasteiger partial charge < -0.3 is 30.3 Å². The Morgan fingerprint density at radius 3 is 2.26 bits per heavy atom. The van der Waals surface area contributed by atoms with E-state index in [4.69, 9.17) is 9.47 Å².